The highest BCUT2D eigenvalue weighted by atomic mass is 35.5. The van der Waals surface area contributed by atoms with E-state index in [0.29, 0.717) is 0 Å². The molecule has 1 amide bonds. The Morgan fingerprint density at radius 2 is 1.76 bits per heavy atom. The zero-order valence-electron chi connectivity index (χ0n) is 14.4. The number of hydrogen-bond donors (Lipinski definition) is 2. The van der Waals surface area contributed by atoms with Crippen molar-refractivity contribution in [3.63, 3.8) is 0 Å². The zero-order valence-corrected chi connectivity index (χ0v) is 15.9. The highest BCUT2D eigenvalue weighted by molar-refractivity contribution is 6.35. The van der Waals surface area contributed by atoms with Gasteiger partial charge in [-0.3, -0.25) is 0 Å². The van der Waals surface area contributed by atoms with Crippen molar-refractivity contribution in [2.24, 2.45) is 0 Å². The van der Waals surface area contributed by atoms with E-state index < -0.39 is 11.7 Å². The van der Waals surface area contributed by atoms with Gasteiger partial charge in [-0.25, -0.2) is 4.79 Å². The fourth-order valence-corrected chi connectivity index (χ4v) is 3.14. The number of ether oxygens (including phenoxy) is 1. The third-order valence-electron chi connectivity index (χ3n) is 3.72. The molecule has 0 saturated heterocycles. The number of halogens is 2. The number of aromatic nitrogens is 2. The van der Waals surface area contributed by atoms with E-state index in [-0.39, 0.29) is 33.9 Å². The minimum Gasteiger partial charge on any atom is -0.444 e. The van der Waals surface area contributed by atoms with Crippen molar-refractivity contribution < 1.29 is 9.53 Å². The third kappa shape index (κ3) is 5.62. The summed E-state index contributed by atoms with van der Waals surface area (Å²) in [6.45, 7) is 5.45. The second-order valence-electron chi connectivity index (χ2n) is 6.90. The molecule has 2 atom stereocenters. The van der Waals surface area contributed by atoms with Crippen LogP contribution in [0.2, 0.25) is 10.3 Å². The Morgan fingerprint density at radius 1 is 1.20 bits per heavy atom. The van der Waals surface area contributed by atoms with E-state index in [1.54, 1.807) is 0 Å². The molecule has 25 heavy (non-hydrogen) atoms. The number of alkyl carbamates (subject to hydrolysis) is 1. The van der Waals surface area contributed by atoms with Gasteiger partial charge in [0.05, 0.1) is 6.04 Å². The lowest BCUT2D eigenvalue weighted by atomic mass is 9.90. The Hall–Kier alpha value is -1.78. The molecular formula is C16H21Cl2N5O2. The molecule has 136 valence electrons. The summed E-state index contributed by atoms with van der Waals surface area (Å²) >= 11 is 11.9. The van der Waals surface area contributed by atoms with Crippen molar-refractivity contribution in [3.8, 4) is 6.07 Å². The molecule has 2 rings (SSSR count). The summed E-state index contributed by atoms with van der Waals surface area (Å²) in [7, 11) is 0. The van der Waals surface area contributed by atoms with Crippen LogP contribution in [0.15, 0.2) is 0 Å². The number of rotatable bonds is 3. The van der Waals surface area contributed by atoms with Gasteiger partial charge in [-0.1, -0.05) is 36.0 Å². The average molecular weight is 386 g/mol. The molecule has 1 aliphatic rings. The summed E-state index contributed by atoms with van der Waals surface area (Å²) in [4.78, 5) is 20.2. The highest BCUT2D eigenvalue weighted by Crippen LogP contribution is 2.25. The fourth-order valence-electron chi connectivity index (χ4n) is 2.67. The molecule has 1 aromatic heterocycles. The van der Waals surface area contributed by atoms with Gasteiger partial charge in [0.1, 0.15) is 17.2 Å². The summed E-state index contributed by atoms with van der Waals surface area (Å²) in [5.41, 5.74) is -0.514. The predicted octanol–water partition coefficient (Wildman–Crippen LogP) is 3.90. The topological polar surface area (TPSA) is 99.9 Å². The molecule has 0 spiro atoms. The van der Waals surface area contributed by atoms with Gasteiger partial charge in [-0.05, 0) is 33.6 Å². The largest absolute Gasteiger partial charge is 0.444 e. The van der Waals surface area contributed by atoms with Gasteiger partial charge in [0.15, 0.2) is 10.3 Å². The molecule has 1 aliphatic carbocycles. The van der Waals surface area contributed by atoms with Crippen LogP contribution in [-0.4, -0.2) is 33.7 Å². The van der Waals surface area contributed by atoms with Crippen LogP contribution in [0.25, 0.3) is 0 Å². The van der Waals surface area contributed by atoms with E-state index in [9.17, 15) is 4.79 Å². The summed E-state index contributed by atoms with van der Waals surface area (Å²) in [6.07, 6.45) is 3.22. The molecule has 9 heteroatoms. The monoisotopic (exact) mass is 385 g/mol. The molecule has 1 fully saturated rings. The van der Waals surface area contributed by atoms with Gasteiger partial charge in [0.2, 0.25) is 5.95 Å². The summed E-state index contributed by atoms with van der Waals surface area (Å²) < 4.78 is 5.32. The van der Waals surface area contributed by atoms with Crippen molar-refractivity contribution in [1.29, 1.82) is 5.26 Å². The number of nitrogens with one attached hydrogen (secondary N) is 2. The molecule has 1 aromatic rings. The zero-order chi connectivity index (χ0) is 18.6. The van der Waals surface area contributed by atoms with Gasteiger partial charge in [0.25, 0.3) is 0 Å². The van der Waals surface area contributed by atoms with E-state index >= 15 is 0 Å². The number of carbonyl (C=O) groups excluding carboxylic acids is 1. The predicted molar refractivity (Wildman–Crippen MR) is 95.8 cm³/mol. The number of nitrogens with zero attached hydrogens (tertiary/aromatic N) is 3. The Bertz CT molecular complexity index is 661. The van der Waals surface area contributed by atoms with E-state index in [0.717, 1.165) is 25.7 Å². The minimum atomic E-state index is -0.557. The first-order valence-corrected chi connectivity index (χ1v) is 8.84. The van der Waals surface area contributed by atoms with Crippen molar-refractivity contribution in [3.05, 3.63) is 15.9 Å². The molecule has 0 bridgehead atoms. The quantitative estimate of drug-likeness (QED) is 0.765. The maximum atomic E-state index is 12.0. The Labute approximate surface area is 157 Å². The first-order valence-electron chi connectivity index (χ1n) is 8.09. The number of amides is 1. The van der Waals surface area contributed by atoms with Crippen LogP contribution in [0.1, 0.15) is 52.0 Å². The van der Waals surface area contributed by atoms with Crippen LogP contribution in [0.3, 0.4) is 0 Å². The van der Waals surface area contributed by atoms with Gasteiger partial charge < -0.3 is 15.4 Å². The Morgan fingerprint density at radius 3 is 2.28 bits per heavy atom. The van der Waals surface area contributed by atoms with E-state index in [1.807, 2.05) is 26.8 Å². The SMILES string of the molecule is CC(C)(C)OC(=O)N[C@@H]1CCCC[C@@H]1Nc1nc(Cl)c(C#N)c(Cl)n1. The third-order valence-corrected chi connectivity index (χ3v) is 4.26. The molecule has 1 heterocycles. The van der Waals surface area contributed by atoms with E-state index in [1.165, 1.54) is 0 Å². The maximum absolute atomic E-state index is 12.0. The van der Waals surface area contributed by atoms with Crippen LogP contribution >= 0.6 is 23.2 Å². The fraction of sp³-hybridized carbons (Fsp3) is 0.625. The molecule has 0 radical (unpaired) electrons. The number of nitriles is 1. The molecule has 7 nitrogen and oxygen atoms in total. The first kappa shape index (κ1) is 19.5. The second-order valence-corrected chi connectivity index (χ2v) is 7.62. The Kier molecular flexibility index (Phi) is 6.31. The number of anilines is 1. The van der Waals surface area contributed by atoms with Gasteiger partial charge >= 0.3 is 6.09 Å². The van der Waals surface area contributed by atoms with Crippen molar-refractivity contribution in [1.82, 2.24) is 15.3 Å². The number of carbonyl (C=O) groups is 1. The van der Waals surface area contributed by atoms with Crippen LogP contribution in [0.5, 0.6) is 0 Å². The smallest absolute Gasteiger partial charge is 0.407 e. The summed E-state index contributed by atoms with van der Waals surface area (Å²) in [6, 6.07) is 1.65. The molecule has 2 N–H and O–H groups in total. The summed E-state index contributed by atoms with van der Waals surface area (Å²) in [5.74, 6) is 0.233. The second kappa shape index (κ2) is 8.07. The van der Waals surface area contributed by atoms with Crippen molar-refractivity contribution in [2.45, 2.75) is 64.1 Å². The van der Waals surface area contributed by atoms with Crippen molar-refractivity contribution in [2.75, 3.05) is 5.32 Å². The Balaban J connectivity index is 2.08. The lowest BCUT2D eigenvalue weighted by molar-refractivity contribution is 0.0488. The summed E-state index contributed by atoms with van der Waals surface area (Å²) in [5, 5.41) is 15.0. The maximum Gasteiger partial charge on any atom is 0.407 e. The highest BCUT2D eigenvalue weighted by Gasteiger charge is 2.29. The number of hydrogen-bond acceptors (Lipinski definition) is 6. The van der Waals surface area contributed by atoms with Crippen LogP contribution in [0.4, 0.5) is 10.7 Å². The van der Waals surface area contributed by atoms with Crippen LogP contribution < -0.4 is 10.6 Å². The molecule has 0 aromatic carbocycles. The molecule has 1 saturated carbocycles. The van der Waals surface area contributed by atoms with Gasteiger partial charge in [-0.15, -0.1) is 0 Å². The lowest BCUT2D eigenvalue weighted by Crippen LogP contribution is -2.50. The van der Waals surface area contributed by atoms with Gasteiger partial charge in [0, 0.05) is 6.04 Å². The normalized spacial score (nSPS) is 20.5. The minimum absolute atomic E-state index is 0.00235. The molecule has 0 unspecified atom stereocenters. The van der Waals surface area contributed by atoms with Gasteiger partial charge in [-0.2, -0.15) is 15.2 Å². The first-order chi connectivity index (χ1) is 11.7. The molecular weight excluding hydrogens is 365 g/mol. The standard InChI is InChI=1S/C16H21Cl2N5O2/c1-16(2,3)25-15(24)21-11-7-5-4-6-10(11)20-14-22-12(17)9(8-19)13(18)23-14/h10-11H,4-7H2,1-3H3,(H,21,24)(H,20,22,23)/t10-,11+/m0/s1. The van der Waals surface area contributed by atoms with E-state index in [4.69, 9.17) is 33.2 Å². The van der Waals surface area contributed by atoms with E-state index in [2.05, 4.69) is 20.6 Å². The van der Waals surface area contributed by atoms with Crippen LogP contribution in [0, 0.1) is 11.3 Å². The van der Waals surface area contributed by atoms with Crippen LogP contribution in [-0.2, 0) is 4.74 Å². The average Bonchev–Trinajstić information content (AvgIpc) is 2.47. The lowest BCUT2D eigenvalue weighted by Gasteiger charge is -2.33. The molecule has 0 aliphatic heterocycles. The van der Waals surface area contributed by atoms with Crippen molar-refractivity contribution >= 4 is 35.2 Å².